The van der Waals surface area contributed by atoms with Gasteiger partial charge in [0.05, 0.1) is 17.6 Å². The van der Waals surface area contributed by atoms with Gasteiger partial charge in [-0.2, -0.15) is 0 Å². The molecule has 2 rings (SSSR count). The van der Waals surface area contributed by atoms with Crippen molar-refractivity contribution in [3.8, 4) is 0 Å². The summed E-state index contributed by atoms with van der Waals surface area (Å²) in [5.74, 6) is -0.259. The number of amides is 2. The molecule has 2 N–H and O–H groups in total. The summed E-state index contributed by atoms with van der Waals surface area (Å²) in [4.78, 5) is 28.8. The highest BCUT2D eigenvalue weighted by molar-refractivity contribution is 6.09. The fourth-order valence-electron chi connectivity index (χ4n) is 1.73. The fraction of sp³-hybridized carbons (Fsp3) is 0.364. The van der Waals surface area contributed by atoms with Gasteiger partial charge in [-0.15, -0.1) is 24.8 Å². The molecule has 1 aliphatic rings. The molecule has 0 bridgehead atoms. The van der Waals surface area contributed by atoms with E-state index in [1.54, 1.807) is 25.5 Å². The van der Waals surface area contributed by atoms with Crippen LogP contribution in [0.5, 0.6) is 0 Å². The lowest BCUT2D eigenvalue weighted by atomic mass is 10.2. The van der Waals surface area contributed by atoms with E-state index in [1.165, 1.54) is 4.90 Å². The average molecular weight is 307 g/mol. The van der Waals surface area contributed by atoms with Crippen LogP contribution in [0, 0.1) is 0 Å². The minimum absolute atomic E-state index is 0. The highest BCUT2D eigenvalue weighted by atomic mass is 35.5. The van der Waals surface area contributed by atoms with Gasteiger partial charge in [0.15, 0.2) is 0 Å². The molecule has 0 saturated heterocycles. The van der Waals surface area contributed by atoms with Crippen LogP contribution in [0.2, 0.25) is 0 Å². The molecule has 0 spiro atoms. The molecule has 1 aromatic rings. The van der Waals surface area contributed by atoms with Gasteiger partial charge in [0.2, 0.25) is 11.8 Å². The highest BCUT2D eigenvalue weighted by Gasteiger charge is 2.26. The maximum atomic E-state index is 12.0. The van der Waals surface area contributed by atoms with Gasteiger partial charge in [0.25, 0.3) is 0 Å². The van der Waals surface area contributed by atoms with Crippen molar-refractivity contribution in [3.63, 3.8) is 0 Å². The van der Waals surface area contributed by atoms with Crippen molar-refractivity contribution in [2.24, 2.45) is 0 Å². The lowest BCUT2D eigenvalue weighted by molar-refractivity contribution is -0.121. The Hall–Kier alpha value is -1.37. The minimum atomic E-state index is -0.191. The quantitative estimate of drug-likeness (QED) is 0.867. The SMILES string of the molecule is CNCCC(=O)N1CC(=O)Nc2cnccc21.Cl.Cl. The molecule has 1 aliphatic heterocycles. The number of nitrogens with one attached hydrogen (secondary N) is 2. The Labute approximate surface area is 123 Å². The van der Waals surface area contributed by atoms with Crippen LogP contribution in [0.3, 0.4) is 0 Å². The van der Waals surface area contributed by atoms with Crippen molar-refractivity contribution in [2.75, 3.05) is 30.4 Å². The molecular weight excluding hydrogens is 291 g/mol. The Balaban J connectivity index is 0.00000162. The molecule has 1 aromatic heterocycles. The van der Waals surface area contributed by atoms with Crippen molar-refractivity contribution >= 4 is 48.0 Å². The summed E-state index contributed by atoms with van der Waals surface area (Å²) in [5.41, 5.74) is 1.29. The van der Waals surface area contributed by atoms with Crippen molar-refractivity contribution in [2.45, 2.75) is 6.42 Å². The molecule has 0 radical (unpaired) electrons. The number of aromatic nitrogens is 1. The first kappa shape index (κ1) is 17.6. The van der Waals surface area contributed by atoms with Crippen LogP contribution in [0.4, 0.5) is 11.4 Å². The third-order valence-electron chi connectivity index (χ3n) is 2.55. The second-order valence-electron chi connectivity index (χ2n) is 3.77. The standard InChI is InChI=1S/C11H14N4O2.2ClH/c1-12-4-3-11(17)15-7-10(16)14-8-6-13-5-2-9(8)15;;/h2,5-6,12H,3-4,7H2,1H3,(H,14,16);2*1H. The van der Waals surface area contributed by atoms with E-state index in [2.05, 4.69) is 15.6 Å². The first-order valence-electron chi connectivity index (χ1n) is 5.41. The van der Waals surface area contributed by atoms with E-state index in [0.29, 0.717) is 24.3 Å². The molecule has 0 fully saturated rings. The Bertz CT molecular complexity index is 456. The predicted octanol–water partition coefficient (Wildman–Crippen LogP) is 0.820. The summed E-state index contributed by atoms with van der Waals surface area (Å²) in [7, 11) is 1.79. The van der Waals surface area contributed by atoms with Crippen LogP contribution < -0.4 is 15.5 Å². The van der Waals surface area contributed by atoms with Gasteiger partial charge in [-0.05, 0) is 13.1 Å². The summed E-state index contributed by atoms with van der Waals surface area (Å²) in [6, 6.07) is 1.73. The monoisotopic (exact) mass is 306 g/mol. The van der Waals surface area contributed by atoms with Crippen molar-refractivity contribution in [1.82, 2.24) is 10.3 Å². The molecule has 6 nitrogen and oxygen atoms in total. The summed E-state index contributed by atoms with van der Waals surface area (Å²) >= 11 is 0. The topological polar surface area (TPSA) is 74.3 Å². The van der Waals surface area contributed by atoms with Crippen LogP contribution in [0.1, 0.15) is 6.42 Å². The maximum Gasteiger partial charge on any atom is 0.244 e. The van der Waals surface area contributed by atoms with Gasteiger partial charge in [-0.3, -0.25) is 14.6 Å². The van der Waals surface area contributed by atoms with Gasteiger partial charge < -0.3 is 15.5 Å². The Morgan fingerprint density at radius 3 is 2.95 bits per heavy atom. The fourth-order valence-corrected chi connectivity index (χ4v) is 1.73. The van der Waals surface area contributed by atoms with E-state index in [0.717, 1.165) is 0 Å². The predicted molar refractivity (Wildman–Crippen MR) is 78.3 cm³/mol. The molecule has 2 heterocycles. The zero-order valence-corrected chi connectivity index (χ0v) is 12.0. The van der Waals surface area contributed by atoms with Crippen molar-refractivity contribution < 1.29 is 9.59 Å². The van der Waals surface area contributed by atoms with E-state index >= 15 is 0 Å². The number of carbonyl (C=O) groups excluding carboxylic acids is 2. The van der Waals surface area contributed by atoms with Crippen LogP contribution in [-0.2, 0) is 9.59 Å². The lowest BCUT2D eigenvalue weighted by Crippen LogP contribution is -2.42. The third kappa shape index (κ3) is 4.05. The number of hydrogen-bond acceptors (Lipinski definition) is 4. The average Bonchev–Trinajstić information content (AvgIpc) is 2.34. The second-order valence-corrected chi connectivity index (χ2v) is 3.77. The Kier molecular flexibility index (Phi) is 7.36. The molecule has 0 atom stereocenters. The van der Waals surface area contributed by atoms with Crippen LogP contribution in [0.25, 0.3) is 0 Å². The Morgan fingerprint density at radius 2 is 2.26 bits per heavy atom. The molecule has 19 heavy (non-hydrogen) atoms. The second kappa shape index (κ2) is 7.93. The smallest absolute Gasteiger partial charge is 0.244 e. The molecule has 2 amide bonds. The van der Waals surface area contributed by atoms with Gasteiger partial charge in [0, 0.05) is 19.2 Å². The first-order chi connectivity index (χ1) is 8.22. The number of anilines is 2. The molecule has 8 heteroatoms. The summed E-state index contributed by atoms with van der Waals surface area (Å²) in [6.07, 6.45) is 3.52. The largest absolute Gasteiger partial charge is 0.321 e. The maximum absolute atomic E-state index is 12.0. The van der Waals surface area contributed by atoms with Gasteiger partial charge in [-0.25, -0.2) is 0 Å². The number of rotatable bonds is 3. The number of fused-ring (bicyclic) bond motifs is 1. The van der Waals surface area contributed by atoms with E-state index < -0.39 is 0 Å². The normalized spacial score (nSPS) is 12.7. The van der Waals surface area contributed by atoms with E-state index in [4.69, 9.17) is 0 Å². The summed E-state index contributed by atoms with van der Waals surface area (Å²) in [6.45, 7) is 0.664. The van der Waals surface area contributed by atoms with Crippen LogP contribution >= 0.6 is 24.8 Å². The molecule has 0 saturated carbocycles. The summed E-state index contributed by atoms with van der Waals surface area (Å²) < 4.78 is 0. The molecule has 0 unspecified atom stereocenters. The van der Waals surface area contributed by atoms with E-state index in [1.807, 2.05) is 0 Å². The van der Waals surface area contributed by atoms with Gasteiger partial charge >= 0.3 is 0 Å². The third-order valence-corrected chi connectivity index (χ3v) is 2.55. The Morgan fingerprint density at radius 1 is 1.53 bits per heavy atom. The van der Waals surface area contributed by atoms with E-state index in [-0.39, 0.29) is 43.2 Å². The molecule has 0 aromatic carbocycles. The number of pyridine rings is 1. The highest BCUT2D eigenvalue weighted by Crippen LogP contribution is 2.28. The lowest BCUT2D eigenvalue weighted by Gasteiger charge is -2.28. The van der Waals surface area contributed by atoms with E-state index in [9.17, 15) is 9.59 Å². The summed E-state index contributed by atoms with van der Waals surface area (Å²) in [5, 5.41) is 5.60. The number of carbonyl (C=O) groups is 2. The van der Waals surface area contributed by atoms with Crippen LogP contribution in [0.15, 0.2) is 18.5 Å². The minimum Gasteiger partial charge on any atom is -0.321 e. The molecule has 0 aliphatic carbocycles. The molecular formula is C11H16Cl2N4O2. The zero-order valence-electron chi connectivity index (χ0n) is 10.4. The van der Waals surface area contributed by atoms with Crippen molar-refractivity contribution in [3.05, 3.63) is 18.5 Å². The zero-order chi connectivity index (χ0) is 12.3. The number of nitrogens with zero attached hydrogens (tertiary/aromatic N) is 2. The van der Waals surface area contributed by atoms with Gasteiger partial charge in [0.1, 0.15) is 6.54 Å². The number of hydrogen-bond donors (Lipinski definition) is 2. The first-order valence-corrected chi connectivity index (χ1v) is 5.41. The molecule has 106 valence electrons. The van der Waals surface area contributed by atoms with Gasteiger partial charge in [-0.1, -0.05) is 0 Å². The van der Waals surface area contributed by atoms with Crippen molar-refractivity contribution in [1.29, 1.82) is 0 Å². The number of halogens is 2. The van der Waals surface area contributed by atoms with Crippen LogP contribution in [-0.4, -0.2) is 36.9 Å².